The van der Waals surface area contributed by atoms with Crippen LogP contribution in [0.5, 0.6) is 0 Å². The highest BCUT2D eigenvalue weighted by atomic mass is 16.5. The molecule has 0 spiro atoms. The lowest BCUT2D eigenvalue weighted by Crippen LogP contribution is -2.01. The number of esters is 1. The van der Waals surface area contributed by atoms with Crippen molar-refractivity contribution in [3.63, 3.8) is 0 Å². The van der Waals surface area contributed by atoms with E-state index >= 15 is 0 Å². The molecule has 0 radical (unpaired) electrons. The highest BCUT2D eigenvalue weighted by Crippen LogP contribution is 1.89. The largest absolute Gasteiger partial charge is 0.463 e. The molecule has 0 aromatic carbocycles. The number of carbonyl (C=O) groups is 1. The summed E-state index contributed by atoms with van der Waals surface area (Å²) in [6.45, 7) is 4.48. The summed E-state index contributed by atoms with van der Waals surface area (Å²) in [6, 6.07) is 0. The number of hydrogen-bond acceptors (Lipinski definition) is 2. The van der Waals surface area contributed by atoms with Crippen molar-refractivity contribution >= 4 is 5.97 Å². The maximum atomic E-state index is 10.8. The third-order valence-corrected chi connectivity index (χ3v) is 1.28. The number of carbonyl (C=O) groups excluding carboxylic acids is 1. The molecule has 0 aromatic rings. The average molecular weight is 168 g/mol. The maximum Gasteiger partial charge on any atom is 0.330 e. The second-order valence-electron chi connectivity index (χ2n) is 2.41. The fourth-order valence-electron chi connectivity index (χ4n) is 0.610. The van der Waals surface area contributed by atoms with E-state index in [1.165, 1.54) is 6.08 Å². The van der Waals surface area contributed by atoms with Crippen LogP contribution in [0, 0.1) is 0 Å². The van der Waals surface area contributed by atoms with Gasteiger partial charge >= 0.3 is 5.97 Å². The summed E-state index contributed by atoms with van der Waals surface area (Å²) in [6.07, 6.45) is 8.73. The molecule has 0 aliphatic heterocycles. The van der Waals surface area contributed by atoms with Crippen LogP contribution in [0.2, 0.25) is 0 Å². The van der Waals surface area contributed by atoms with Gasteiger partial charge in [0.2, 0.25) is 0 Å². The molecule has 0 amide bonds. The van der Waals surface area contributed by atoms with E-state index in [2.05, 4.69) is 6.92 Å². The Bertz CT molecular complexity index is 169. The summed E-state index contributed by atoms with van der Waals surface area (Å²) in [5, 5.41) is 0. The molecule has 0 unspecified atom stereocenters. The fraction of sp³-hybridized carbons (Fsp3) is 0.500. The molecule has 68 valence electrons. The summed E-state index contributed by atoms with van der Waals surface area (Å²) in [7, 11) is 0. The monoisotopic (exact) mass is 168 g/mol. The maximum absolute atomic E-state index is 10.8. The number of hydrogen-bond donors (Lipinski definition) is 0. The molecule has 0 saturated heterocycles. The van der Waals surface area contributed by atoms with Crippen LogP contribution in [-0.4, -0.2) is 12.6 Å². The minimum absolute atomic E-state index is 0.262. The highest BCUT2D eigenvalue weighted by molar-refractivity contribution is 5.82. The van der Waals surface area contributed by atoms with Gasteiger partial charge in [0, 0.05) is 6.08 Å². The summed E-state index contributed by atoms with van der Waals surface area (Å²) >= 11 is 0. The summed E-state index contributed by atoms with van der Waals surface area (Å²) in [4.78, 5) is 10.8. The summed E-state index contributed by atoms with van der Waals surface area (Å²) in [5.74, 6) is -0.262. The lowest BCUT2D eigenvalue weighted by molar-refractivity contribution is -0.137. The molecular formula is C10H16O2. The zero-order chi connectivity index (χ0) is 9.23. The van der Waals surface area contributed by atoms with Crippen molar-refractivity contribution in [2.24, 2.45) is 0 Å². The van der Waals surface area contributed by atoms with Gasteiger partial charge in [-0.15, -0.1) is 0 Å². The highest BCUT2D eigenvalue weighted by Gasteiger charge is 1.93. The first-order valence-electron chi connectivity index (χ1n) is 4.27. The van der Waals surface area contributed by atoms with Crippen LogP contribution in [-0.2, 0) is 9.53 Å². The normalized spacial score (nSPS) is 11.2. The summed E-state index contributed by atoms with van der Waals surface area (Å²) < 4.78 is 4.87. The van der Waals surface area contributed by atoms with Gasteiger partial charge in [-0.25, -0.2) is 4.79 Å². The first-order valence-corrected chi connectivity index (χ1v) is 4.27. The van der Waals surface area contributed by atoms with Crippen LogP contribution in [0.15, 0.2) is 24.3 Å². The van der Waals surface area contributed by atoms with Gasteiger partial charge in [0.1, 0.15) is 0 Å². The zero-order valence-corrected chi connectivity index (χ0v) is 7.75. The van der Waals surface area contributed by atoms with E-state index in [4.69, 9.17) is 4.74 Å². The van der Waals surface area contributed by atoms with Crippen LogP contribution in [0.3, 0.4) is 0 Å². The number of unbranched alkanes of at least 4 members (excludes halogenated alkanes) is 1. The van der Waals surface area contributed by atoms with Gasteiger partial charge in [0.05, 0.1) is 6.61 Å². The second kappa shape index (κ2) is 8.05. The Kier molecular flexibility index (Phi) is 7.35. The molecule has 0 atom stereocenters. The quantitative estimate of drug-likeness (QED) is 0.273. The van der Waals surface area contributed by atoms with Gasteiger partial charge < -0.3 is 4.74 Å². The predicted molar refractivity (Wildman–Crippen MR) is 49.8 cm³/mol. The third-order valence-electron chi connectivity index (χ3n) is 1.28. The molecule has 0 rings (SSSR count). The van der Waals surface area contributed by atoms with Gasteiger partial charge in [-0.3, -0.25) is 0 Å². The molecule has 0 saturated carbocycles. The van der Waals surface area contributed by atoms with Crippen LogP contribution >= 0.6 is 0 Å². The molecule has 0 aliphatic carbocycles. The molecule has 0 fully saturated rings. The SMILES string of the molecule is C/C=C\C=C\C(=O)OCCCC. The average Bonchev–Trinajstić information content (AvgIpc) is 2.06. The Morgan fingerprint density at radius 2 is 2.17 bits per heavy atom. The van der Waals surface area contributed by atoms with Gasteiger partial charge in [0.25, 0.3) is 0 Å². The summed E-state index contributed by atoms with van der Waals surface area (Å²) in [5.41, 5.74) is 0. The van der Waals surface area contributed by atoms with E-state index in [9.17, 15) is 4.79 Å². The van der Waals surface area contributed by atoms with E-state index in [0.717, 1.165) is 12.8 Å². The van der Waals surface area contributed by atoms with Crippen LogP contribution in [0.25, 0.3) is 0 Å². The van der Waals surface area contributed by atoms with E-state index in [1.54, 1.807) is 12.2 Å². The van der Waals surface area contributed by atoms with Gasteiger partial charge in [-0.05, 0) is 13.3 Å². The predicted octanol–water partition coefficient (Wildman–Crippen LogP) is 2.46. The van der Waals surface area contributed by atoms with Crippen molar-refractivity contribution in [2.45, 2.75) is 26.7 Å². The van der Waals surface area contributed by atoms with Crippen LogP contribution in [0.1, 0.15) is 26.7 Å². The minimum atomic E-state index is -0.262. The van der Waals surface area contributed by atoms with Crippen molar-refractivity contribution < 1.29 is 9.53 Å². The minimum Gasteiger partial charge on any atom is -0.463 e. The standard InChI is InChI=1S/C10H16O2/c1-3-5-7-8-10(11)12-9-6-4-2/h3,5,7-8H,4,6,9H2,1-2H3/b5-3-,8-7+. The molecule has 0 heterocycles. The van der Waals surface area contributed by atoms with E-state index in [0.29, 0.717) is 6.61 Å². The van der Waals surface area contributed by atoms with Crippen molar-refractivity contribution in [1.82, 2.24) is 0 Å². The molecule has 2 heteroatoms. The smallest absolute Gasteiger partial charge is 0.330 e. The van der Waals surface area contributed by atoms with Gasteiger partial charge in [-0.2, -0.15) is 0 Å². The van der Waals surface area contributed by atoms with Crippen LogP contribution < -0.4 is 0 Å². The second-order valence-corrected chi connectivity index (χ2v) is 2.41. The topological polar surface area (TPSA) is 26.3 Å². The lowest BCUT2D eigenvalue weighted by Gasteiger charge is -1.97. The van der Waals surface area contributed by atoms with Crippen molar-refractivity contribution in [3.8, 4) is 0 Å². The molecule has 0 aliphatic rings. The first kappa shape index (κ1) is 11.0. The van der Waals surface area contributed by atoms with Gasteiger partial charge in [-0.1, -0.05) is 31.6 Å². The molecule has 12 heavy (non-hydrogen) atoms. The third kappa shape index (κ3) is 7.06. The Balaban J connectivity index is 3.45. The van der Waals surface area contributed by atoms with Crippen molar-refractivity contribution in [2.75, 3.05) is 6.61 Å². The molecular weight excluding hydrogens is 152 g/mol. The lowest BCUT2D eigenvalue weighted by atomic mass is 10.4. The number of rotatable bonds is 5. The van der Waals surface area contributed by atoms with Crippen molar-refractivity contribution in [3.05, 3.63) is 24.3 Å². The van der Waals surface area contributed by atoms with Crippen LogP contribution in [0.4, 0.5) is 0 Å². The number of ether oxygens (including phenoxy) is 1. The molecule has 0 bridgehead atoms. The Hall–Kier alpha value is -1.05. The van der Waals surface area contributed by atoms with E-state index in [-0.39, 0.29) is 5.97 Å². The van der Waals surface area contributed by atoms with Crippen molar-refractivity contribution in [1.29, 1.82) is 0 Å². The van der Waals surface area contributed by atoms with E-state index in [1.807, 2.05) is 13.0 Å². The fourth-order valence-corrected chi connectivity index (χ4v) is 0.610. The Labute approximate surface area is 73.9 Å². The molecule has 0 N–H and O–H groups in total. The van der Waals surface area contributed by atoms with E-state index < -0.39 is 0 Å². The number of allylic oxidation sites excluding steroid dienone is 3. The zero-order valence-electron chi connectivity index (χ0n) is 7.75. The Morgan fingerprint density at radius 1 is 1.42 bits per heavy atom. The first-order chi connectivity index (χ1) is 5.81. The Morgan fingerprint density at radius 3 is 2.75 bits per heavy atom. The molecule has 0 aromatic heterocycles. The molecule has 2 nitrogen and oxygen atoms in total. The van der Waals surface area contributed by atoms with Gasteiger partial charge in [0.15, 0.2) is 0 Å².